The largest absolute Gasteiger partial charge is 0.487 e. The highest BCUT2D eigenvalue weighted by Crippen LogP contribution is 2.21. The summed E-state index contributed by atoms with van der Waals surface area (Å²) >= 11 is 1.61. The van der Waals surface area contributed by atoms with Crippen LogP contribution in [0.15, 0.2) is 23.6 Å². The third kappa shape index (κ3) is 3.52. The Bertz CT molecular complexity index is 554. The molecule has 5 heteroatoms. The molecule has 0 aliphatic rings. The molecular formula is C14H17FN2OS. The van der Waals surface area contributed by atoms with Gasteiger partial charge >= 0.3 is 0 Å². The van der Waals surface area contributed by atoms with Crippen molar-refractivity contribution in [2.75, 3.05) is 0 Å². The van der Waals surface area contributed by atoms with Crippen molar-refractivity contribution in [1.29, 1.82) is 0 Å². The second-order valence-corrected chi connectivity index (χ2v) is 5.29. The molecule has 0 saturated heterocycles. The zero-order valence-electron chi connectivity index (χ0n) is 11.0. The summed E-state index contributed by atoms with van der Waals surface area (Å²) in [5.41, 5.74) is 7.03. The molecule has 2 N–H and O–H groups in total. The van der Waals surface area contributed by atoms with Gasteiger partial charge in [-0.25, -0.2) is 9.37 Å². The first-order valence-corrected chi connectivity index (χ1v) is 7.09. The molecular weight excluding hydrogens is 263 g/mol. The van der Waals surface area contributed by atoms with Gasteiger partial charge in [-0.15, -0.1) is 11.3 Å². The van der Waals surface area contributed by atoms with Crippen LogP contribution in [0, 0.1) is 5.82 Å². The molecule has 2 aromatic rings. The number of nitrogens with zero attached hydrogens (tertiary/aromatic N) is 1. The quantitative estimate of drug-likeness (QED) is 0.912. The summed E-state index contributed by atoms with van der Waals surface area (Å²) in [5, 5.41) is 3.04. The Morgan fingerprint density at radius 3 is 2.84 bits per heavy atom. The van der Waals surface area contributed by atoms with Crippen molar-refractivity contribution in [3.8, 4) is 5.75 Å². The first kappa shape index (κ1) is 14.0. The molecule has 102 valence electrons. The molecule has 0 spiro atoms. The molecule has 1 unspecified atom stereocenters. The van der Waals surface area contributed by atoms with Crippen LogP contribution in [0.1, 0.15) is 36.2 Å². The monoisotopic (exact) mass is 280 g/mol. The number of aromatic nitrogens is 1. The number of benzene rings is 1. The molecule has 0 fully saturated rings. The summed E-state index contributed by atoms with van der Waals surface area (Å²) < 4.78 is 19.2. The molecule has 1 heterocycles. The Morgan fingerprint density at radius 1 is 1.47 bits per heavy atom. The maximum Gasteiger partial charge on any atom is 0.131 e. The molecule has 0 radical (unpaired) electrons. The highest BCUT2D eigenvalue weighted by atomic mass is 32.1. The molecule has 1 atom stereocenters. The van der Waals surface area contributed by atoms with Gasteiger partial charge in [-0.1, -0.05) is 13.0 Å². The fourth-order valence-corrected chi connectivity index (χ4v) is 2.43. The molecule has 0 amide bonds. The van der Waals surface area contributed by atoms with Crippen molar-refractivity contribution in [2.45, 2.75) is 32.9 Å². The van der Waals surface area contributed by atoms with Gasteiger partial charge in [0.15, 0.2) is 0 Å². The second-order valence-electron chi connectivity index (χ2n) is 4.35. The van der Waals surface area contributed by atoms with Gasteiger partial charge in [0, 0.05) is 23.1 Å². The lowest BCUT2D eigenvalue weighted by molar-refractivity contribution is 0.300. The molecule has 3 nitrogen and oxygen atoms in total. The molecule has 0 bridgehead atoms. The zero-order valence-corrected chi connectivity index (χ0v) is 11.8. The van der Waals surface area contributed by atoms with Crippen molar-refractivity contribution in [1.82, 2.24) is 4.98 Å². The van der Waals surface area contributed by atoms with E-state index in [9.17, 15) is 4.39 Å². The van der Waals surface area contributed by atoms with Crippen molar-refractivity contribution < 1.29 is 9.13 Å². The highest BCUT2D eigenvalue weighted by Gasteiger charge is 2.08. The number of thiazole rings is 1. The minimum atomic E-state index is -0.333. The van der Waals surface area contributed by atoms with Crippen LogP contribution in [0.2, 0.25) is 0 Å². The highest BCUT2D eigenvalue weighted by molar-refractivity contribution is 7.09. The summed E-state index contributed by atoms with van der Waals surface area (Å²) in [6.07, 6.45) is 0.919. The predicted octanol–water partition coefficient (Wildman–Crippen LogP) is 3.44. The molecule has 0 aliphatic heterocycles. The average Bonchev–Trinajstić information content (AvgIpc) is 2.84. The maximum atomic E-state index is 13.7. The SMILES string of the molecule is CCc1nc(COc2ccc(C(C)N)c(F)c2)cs1. The van der Waals surface area contributed by atoms with E-state index >= 15 is 0 Å². The van der Waals surface area contributed by atoms with Gasteiger partial charge in [0.1, 0.15) is 18.2 Å². The van der Waals surface area contributed by atoms with Crippen LogP contribution in [0.5, 0.6) is 5.75 Å². The zero-order chi connectivity index (χ0) is 13.8. The van der Waals surface area contributed by atoms with E-state index < -0.39 is 0 Å². The summed E-state index contributed by atoms with van der Waals surface area (Å²) in [4.78, 5) is 4.39. The number of rotatable bonds is 5. The van der Waals surface area contributed by atoms with Crippen LogP contribution >= 0.6 is 11.3 Å². The smallest absolute Gasteiger partial charge is 0.131 e. The first-order valence-electron chi connectivity index (χ1n) is 6.21. The normalized spacial score (nSPS) is 12.4. The molecule has 2 rings (SSSR count). The van der Waals surface area contributed by atoms with Gasteiger partial charge in [-0.3, -0.25) is 0 Å². The lowest BCUT2D eigenvalue weighted by atomic mass is 10.1. The topological polar surface area (TPSA) is 48.1 Å². The minimum Gasteiger partial charge on any atom is -0.487 e. The van der Waals surface area contributed by atoms with Crippen LogP contribution in [0.25, 0.3) is 0 Å². The fraction of sp³-hybridized carbons (Fsp3) is 0.357. The maximum absolute atomic E-state index is 13.7. The van der Waals surface area contributed by atoms with E-state index in [1.165, 1.54) is 6.07 Å². The summed E-state index contributed by atoms with van der Waals surface area (Å²) in [6, 6.07) is 4.44. The van der Waals surface area contributed by atoms with E-state index in [4.69, 9.17) is 10.5 Å². The van der Waals surface area contributed by atoms with Crippen LogP contribution < -0.4 is 10.5 Å². The van der Waals surface area contributed by atoms with Crippen molar-refractivity contribution in [3.63, 3.8) is 0 Å². The van der Waals surface area contributed by atoms with E-state index in [-0.39, 0.29) is 11.9 Å². The van der Waals surface area contributed by atoms with Crippen LogP contribution in [0.4, 0.5) is 4.39 Å². The van der Waals surface area contributed by atoms with E-state index in [1.54, 1.807) is 30.4 Å². The number of hydrogen-bond acceptors (Lipinski definition) is 4. The van der Waals surface area contributed by atoms with Crippen molar-refractivity contribution in [3.05, 3.63) is 45.7 Å². The predicted molar refractivity (Wildman–Crippen MR) is 74.8 cm³/mol. The molecule has 19 heavy (non-hydrogen) atoms. The van der Waals surface area contributed by atoms with Crippen LogP contribution in [-0.2, 0) is 13.0 Å². The Balaban J connectivity index is 2.01. The van der Waals surface area contributed by atoms with E-state index in [0.717, 1.165) is 17.1 Å². The Hall–Kier alpha value is -1.46. The van der Waals surface area contributed by atoms with Gasteiger partial charge in [0.25, 0.3) is 0 Å². The Labute approximate surface area is 116 Å². The van der Waals surface area contributed by atoms with Crippen LogP contribution in [0.3, 0.4) is 0 Å². The molecule has 1 aromatic heterocycles. The lowest BCUT2D eigenvalue weighted by Gasteiger charge is -2.09. The lowest BCUT2D eigenvalue weighted by Crippen LogP contribution is -2.07. The van der Waals surface area contributed by atoms with Gasteiger partial charge < -0.3 is 10.5 Å². The minimum absolute atomic E-state index is 0.320. The Morgan fingerprint density at radius 2 is 2.26 bits per heavy atom. The fourth-order valence-electron chi connectivity index (χ4n) is 1.70. The third-order valence-corrected chi connectivity index (χ3v) is 3.79. The van der Waals surface area contributed by atoms with Crippen molar-refractivity contribution >= 4 is 11.3 Å². The summed E-state index contributed by atoms with van der Waals surface area (Å²) in [5.74, 6) is 0.160. The first-order chi connectivity index (χ1) is 9.10. The Kier molecular flexibility index (Phi) is 4.50. The number of ether oxygens (including phenoxy) is 1. The number of aryl methyl sites for hydroxylation is 1. The van der Waals surface area contributed by atoms with Crippen molar-refractivity contribution in [2.24, 2.45) is 5.73 Å². The van der Waals surface area contributed by atoms with Gasteiger partial charge in [-0.2, -0.15) is 0 Å². The summed E-state index contributed by atoms with van der Waals surface area (Å²) in [7, 11) is 0. The van der Waals surface area contributed by atoms with E-state index in [0.29, 0.717) is 17.9 Å². The summed E-state index contributed by atoms with van der Waals surface area (Å²) in [6.45, 7) is 4.17. The molecule has 1 aromatic carbocycles. The second kappa shape index (κ2) is 6.12. The van der Waals surface area contributed by atoms with E-state index in [1.807, 2.05) is 5.38 Å². The van der Waals surface area contributed by atoms with E-state index in [2.05, 4.69) is 11.9 Å². The number of nitrogens with two attached hydrogens (primary N) is 1. The van der Waals surface area contributed by atoms with Crippen LogP contribution in [-0.4, -0.2) is 4.98 Å². The van der Waals surface area contributed by atoms with Gasteiger partial charge in [0.05, 0.1) is 10.7 Å². The number of hydrogen-bond donors (Lipinski definition) is 1. The average molecular weight is 280 g/mol. The molecule has 0 saturated carbocycles. The third-order valence-electron chi connectivity index (χ3n) is 2.75. The standard InChI is InChI=1S/C14H17FN2OS/c1-3-14-17-10(8-19-14)7-18-11-4-5-12(9(2)16)13(15)6-11/h4-6,8-9H,3,7,16H2,1-2H3. The molecule has 0 aliphatic carbocycles. The van der Waals surface area contributed by atoms with Gasteiger partial charge in [0.2, 0.25) is 0 Å². The van der Waals surface area contributed by atoms with Gasteiger partial charge in [-0.05, 0) is 19.4 Å². The number of halogens is 1.